The van der Waals surface area contributed by atoms with Crippen molar-refractivity contribution >= 4 is 83.2 Å². The molecule has 0 aromatic heterocycles. The topological polar surface area (TPSA) is 513 Å². The zero-order valence-electron chi connectivity index (χ0n) is 55.3. The van der Waals surface area contributed by atoms with E-state index in [-0.39, 0.29) is 149 Å². The Hall–Kier alpha value is -8.52. The van der Waals surface area contributed by atoms with Gasteiger partial charge in [0.15, 0.2) is 0 Å². The SMILES string of the molecule is CCC(C)[C@H](C)C(=O)N[C@@H](CCC(N)=O)C(=O)NCc1ccc(CNC(=O)C(CNC(=O)CCC(C(=O)O)N2CCN(CC(=O)O)CCN(CC(=O)O)CCN(CC(=O)O)CC2)NC(=O)CCC(C(=O)O)N2CCN(CC(=O)O)CCN(CC(=O)O)CCN(CC(=O)O)CC2)cc1. The number of primary amides is 1. The highest BCUT2D eigenvalue weighted by atomic mass is 16.4. The van der Waals surface area contributed by atoms with Crippen molar-refractivity contribution in [1.29, 1.82) is 0 Å². The first-order valence-corrected chi connectivity index (χ1v) is 32.2. The van der Waals surface area contributed by atoms with E-state index in [9.17, 15) is 108 Å². The van der Waals surface area contributed by atoms with E-state index in [1.807, 2.05) is 13.8 Å². The molecule has 2 aliphatic rings. The Bertz CT molecular complexity index is 2760. The molecule has 36 nitrogen and oxygen atoms in total. The second-order valence-corrected chi connectivity index (χ2v) is 24.3. The monoisotopic (exact) mass is 1380 g/mol. The summed E-state index contributed by atoms with van der Waals surface area (Å²) in [5, 5.41) is 92.4. The summed E-state index contributed by atoms with van der Waals surface area (Å²) >= 11 is 0. The maximum absolute atomic E-state index is 14.2. The number of amides is 6. The van der Waals surface area contributed by atoms with Crippen LogP contribution in [-0.4, -0.2) is 338 Å². The van der Waals surface area contributed by atoms with Gasteiger partial charge < -0.3 is 73.2 Å². The normalized spacial score (nSPS) is 18.0. The summed E-state index contributed by atoms with van der Waals surface area (Å²) in [4.78, 5) is 189. The third-order valence-corrected chi connectivity index (χ3v) is 17.0. The summed E-state index contributed by atoms with van der Waals surface area (Å²) in [6.45, 7) is 2.04. The number of carbonyl (C=O) groups excluding carboxylic acids is 6. The lowest BCUT2D eigenvalue weighted by Gasteiger charge is -2.35. The van der Waals surface area contributed by atoms with Crippen LogP contribution in [-0.2, 0) is 80.2 Å². The van der Waals surface area contributed by atoms with Gasteiger partial charge in [0.25, 0.3) is 0 Å². The summed E-state index contributed by atoms with van der Waals surface area (Å²) < 4.78 is 0. The number of nitrogens with one attached hydrogen (secondary N) is 5. The van der Waals surface area contributed by atoms with Crippen LogP contribution < -0.4 is 32.3 Å². The number of nitrogens with zero attached hydrogens (tertiary/aromatic N) is 8. The van der Waals surface area contributed by atoms with E-state index in [4.69, 9.17) is 5.73 Å². The summed E-state index contributed by atoms with van der Waals surface area (Å²) in [5.74, 6) is -14.4. The smallest absolute Gasteiger partial charge is 0.320 e. The summed E-state index contributed by atoms with van der Waals surface area (Å²) in [6.07, 6.45) is -1.30. The Kier molecular flexibility index (Phi) is 37.2. The highest BCUT2D eigenvalue weighted by molar-refractivity contribution is 5.90. The van der Waals surface area contributed by atoms with Crippen molar-refractivity contribution in [3.63, 3.8) is 0 Å². The van der Waals surface area contributed by atoms with Gasteiger partial charge in [0.2, 0.25) is 35.4 Å². The van der Waals surface area contributed by atoms with Crippen LogP contribution in [0, 0.1) is 11.8 Å². The molecule has 1 aromatic carbocycles. The second-order valence-electron chi connectivity index (χ2n) is 24.3. The zero-order chi connectivity index (χ0) is 72.3. The van der Waals surface area contributed by atoms with Gasteiger partial charge in [0.1, 0.15) is 24.2 Å². The number of hydrogen-bond donors (Lipinski definition) is 14. The van der Waals surface area contributed by atoms with Crippen LogP contribution in [0.2, 0.25) is 0 Å². The van der Waals surface area contributed by atoms with Gasteiger partial charge in [-0.3, -0.25) is 106 Å². The third kappa shape index (κ3) is 33.8. The molecule has 36 heteroatoms. The Balaban J connectivity index is 1.91. The van der Waals surface area contributed by atoms with Crippen LogP contribution in [0.25, 0.3) is 0 Å². The van der Waals surface area contributed by atoms with Crippen LogP contribution in [0.5, 0.6) is 0 Å². The van der Waals surface area contributed by atoms with E-state index in [0.717, 1.165) is 0 Å². The quantitative estimate of drug-likeness (QED) is 0.0296. The number of rotatable bonds is 38. The maximum Gasteiger partial charge on any atom is 0.320 e. The fourth-order valence-corrected chi connectivity index (χ4v) is 10.9. The molecule has 6 atom stereocenters. The standard InChI is InChI=1S/C61H98N14O22/c1-4-40(2)41(3)57(91)67-44(9-12-48(62)76)58(92)64-31-42-5-7-43(8-6-42)32-65-59(93)45(66-50(78)14-11-47(61(96)97)75-29-25-72(38-55(87)88)21-17-69(35-52(81)82)18-22-73(26-30-75)39-56(89)90)33-63-49(77)13-10-46(60(94)95)74-27-23-70(36-53(83)84)19-15-68(34-51(79)80)16-20-71(24-28-74)37-54(85)86/h5-8,40-41,44-47H,4,9-39H2,1-3H3,(H2,62,76)(H,63,77)(H,64,92)(H,65,93)(H,66,78)(H,67,91)(H,79,80)(H,81,82)(H,83,84)(H,85,86)(H,87,88)(H,89,90)(H,94,95)(H,96,97)/t40?,41-,44-,45?,46?,47?/m0/s1. The van der Waals surface area contributed by atoms with Crippen LogP contribution in [0.1, 0.15) is 76.8 Å². The number of carbonyl (C=O) groups is 14. The van der Waals surface area contributed by atoms with Gasteiger partial charge in [-0.05, 0) is 36.3 Å². The number of benzene rings is 1. The van der Waals surface area contributed by atoms with E-state index in [1.54, 1.807) is 31.2 Å². The lowest BCUT2D eigenvalue weighted by molar-refractivity contribution is -0.145. The molecule has 1 aromatic rings. The van der Waals surface area contributed by atoms with Crippen LogP contribution in [0.15, 0.2) is 24.3 Å². The van der Waals surface area contributed by atoms with E-state index in [1.165, 1.54) is 39.2 Å². The Morgan fingerprint density at radius 2 is 0.711 bits per heavy atom. The highest BCUT2D eigenvalue weighted by Gasteiger charge is 2.33. The minimum absolute atomic E-state index is 0.0103. The molecule has 2 fully saturated rings. The van der Waals surface area contributed by atoms with E-state index < -0.39 is 172 Å². The molecule has 3 rings (SSSR count). The van der Waals surface area contributed by atoms with Gasteiger partial charge in [-0.15, -0.1) is 0 Å². The summed E-state index contributed by atoms with van der Waals surface area (Å²) in [7, 11) is 0. The Morgan fingerprint density at radius 3 is 1.01 bits per heavy atom. The molecule has 4 unspecified atom stereocenters. The van der Waals surface area contributed by atoms with Crippen molar-refractivity contribution in [3.05, 3.63) is 35.4 Å². The minimum atomic E-state index is -1.57. The number of nitrogens with two attached hydrogens (primary N) is 1. The molecule has 2 aliphatic heterocycles. The molecule has 0 aliphatic carbocycles. The fraction of sp³-hybridized carbons (Fsp3) is 0.672. The molecule has 544 valence electrons. The molecule has 15 N–H and O–H groups in total. The largest absolute Gasteiger partial charge is 0.480 e. The van der Waals surface area contributed by atoms with Gasteiger partial charge >= 0.3 is 47.8 Å². The molecule has 0 bridgehead atoms. The molecular formula is C61H98N14O22. The van der Waals surface area contributed by atoms with Crippen LogP contribution in [0.3, 0.4) is 0 Å². The molecule has 0 saturated carbocycles. The highest BCUT2D eigenvalue weighted by Crippen LogP contribution is 2.17. The Morgan fingerprint density at radius 1 is 0.402 bits per heavy atom. The van der Waals surface area contributed by atoms with E-state index in [0.29, 0.717) is 17.5 Å². The van der Waals surface area contributed by atoms with Gasteiger partial charge in [0.05, 0.1) is 39.3 Å². The lowest BCUT2D eigenvalue weighted by Crippen LogP contribution is -2.53. The van der Waals surface area contributed by atoms with Gasteiger partial charge in [0, 0.05) is 150 Å². The van der Waals surface area contributed by atoms with E-state index >= 15 is 0 Å². The van der Waals surface area contributed by atoms with Crippen molar-refractivity contribution in [2.75, 3.05) is 151 Å². The average molecular weight is 1380 g/mol. The van der Waals surface area contributed by atoms with Crippen LogP contribution in [0.4, 0.5) is 0 Å². The van der Waals surface area contributed by atoms with Gasteiger partial charge in [-0.25, -0.2) is 0 Å². The molecule has 97 heavy (non-hydrogen) atoms. The van der Waals surface area contributed by atoms with Gasteiger partial charge in [-0.1, -0.05) is 51.5 Å². The van der Waals surface area contributed by atoms with Crippen molar-refractivity contribution < 1.29 is 108 Å². The third-order valence-electron chi connectivity index (χ3n) is 17.0. The summed E-state index contributed by atoms with van der Waals surface area (Å²) in [5.41, 5.74) is 6.46. The van der Waals surface area contributed by atoms with Crippen molar-refractivity contribution in [1.82, 2.24) is 65.8 Å². The first kappa shape index (κ1) is 82.7. The maximum atomic E-state index is 14.2. The molecule has 0 spiro atoms. The van der Waals surface area contributed by atoms with Gasteiger partial charge in [-0.2, -0.15) is 0 Å². The van der Waals surface area contributed by atoms with E-state index in [2.05, 4.69) is 26.6 Å². The predicted octanol–water partition coefficient (Wildman–Crippen LogP) is -4.63. The summed E-state index contributed by atoms with van der Waals surface area (Å²) in [6, 6.07) is 1.04. The second kappa shape index (κ2) is 43.6. The Labute approximate surface area is 561 Å². The first-order chi connectivity index (χ1) is 45.8. The minimum Gasteiger partial charge on any atom is -0.480 e. The van der Waals surface area contributed by atoms with Crippen molar-refractivity contribution in [2.24, 2.45) is 17.6 Å². The fourth-order valence-electron chi connectivity index (χ4n) is 10.9. The zero-order valence-corrected chi connectivity index (χ0v) is 55.3. The first-order valence-electron chi connectivity index (χ1n) is 32.2. The number of hydrogen-bond acceptors (Lipinski definition) is 22. The molecule has 0 radical (unpaired) electrons. The number of carboxylic acid groups (broad SMARTS) is 8. The number of carboxylic acids is 8. The van der Waals surface area contributed by atoms with Crippen LogP contribution >= 0.6 is 0 Å². The van der Waals surface area contributed by atoms with Crippen molar-refractivity contribution in [2.45, 2.75) is 103 Å². The molecule has 6 amide bonds. The number of aliphatic carboxylic acids is 8. The average Bonchev–Trinajstić information content (AvgIpc) is 0.981. The predicted molar refractivity (Wildman–Crippen MR) is 343 cm³/mol. The molecule has 2 saturated heterocycles. The lowest BCUT2D eigenvalue weighted by atomic mass is 9.92. The van der Waals surface area contributed by atoms with Crippen molar-refractivity contribution in [3.8, 4) is 0 Å². The molecular weight excluding hydrogens is 1280 g/mol. The molecule has 2 heterocycles.